The highest BCUT2D eigenvalue weighted by Crippen LogP contribution is 2.39. The Morgan fingerprint density at radius 1 is 1.00 bits per heavy atom. The molecule has 1 aliphatic rings. The van der Waals surface area contributed by atoms with E-state index in [0.29, 0.717) is 25.7 Å². The Morgan fingerprint density at radius 3 is 2.34 bits per heavy atom. The Labute approximate surface area is 172 Å². The molecule has 0 bridgehead atoms. The molecule has 5 nitrogen and oxygen atoms in total. The number of carboxylic acids is 1. The van der Waals surface area contributed by atoms with Crippen molar-refractivity contribution < 1.29 is 33.7 Å². The molecule has 0 saturated heterocycles. The van der Waals surface area contributed by atoms with E-state index >= 15 is 0 Å². The topological polar surface area (TPSA) is 94.8 Å². The van der Waals surface area contributed by atoms with Gasteiger partial charge in [0.2, 0.25) is 5.78 Å². The van der Waals surface area contributed by atoms with E-state index in [1.54, 1.807) is 6.92 Å². The van der Waals surface area contributed by atoms with Crippen LogP contribution in [0.5, 0.6) is 0 Å². The molecule has 0 aliphatic heterocycles. The van der Waals surface area contributed by atoms with Crippen molar-refractivity contribution in [3.05, 3.63) is 12.2 Å². The predicted octanol–water partition coefficient (Wildman–Crippen LogP) is 4.50. The molecule has 1 rings (SSSR count). The summed E-state index contributed by atoms with van der Waals surface area (Å²) < 4.78 is 27.7. The van der Waals surface area contributed by atoms with Crippen molar-refractivity contribution in [2.24, 2.45) is 11.8 Å². The lowest BCUT2D eigenvalue weighted by Crippen LogP contribution is -2.30. The molecule has 3 N–H and O–H groups in total. The molecule has 168 valence electrons. The van der Waals surface area contributed by atoms with E-state index in [9.17, 15) is 28.6 Å². The average Bonchev–Trinajstić information content (AvgIpc) is 2.92. The third-order valence-electron chi connectivity index (χ3n) is 5.81. The number of carbonyl (C=O) groups is 2. The Bertz CT molecular complexity index is 535. The van der Waals surface area contributed by atoms with Gasteiger partial charge in [0.25, 0.3) is 0 Å². The molecule has 0 aromatic heterocycles. The molecule has 0 radical (unpaired) electrons. The molecule has 0 heterocycles. The molecular weight excluding hydrogens is 382 g/mol. The third-order valence-corrected chi connectivity index (χ3v) is 5.81. The van der Waals surface area contributed by atoms with E-state index in [2.05, 4.69) is 0 Å². The second kappa shape index (κ2) is 13.1. The van der Waals surface area contributed by atoms with Gasteiger partial charge in [-0.05, 0) is 56.8 Å². The number of unbranched alkanes of at least 4 members (excludes halogenated alkanes) is 4. The number of aliphatic carboxylic acids is 1. The average molecular weight is 419 g/mol. The highest BCUT2D eigenvalue weighted by atomic mass is 19.3. The second-order valence-electron chi connectivity index (χ2n) is 8.17. The fourth-order valence-electron chi connectivity index (χ4n) is 4.01. The number of hydrogen-bond donors (Lipinski definition) is 3. The quantitative estimate of drug-likeness (QED) is 0.269. The summed E-state index contributed by atoms with van der Waals surface area (Å²) >= 11 is 0. The Kier molecular flexibility index (Phi) is 11.6. The molecule has 0 aromatic carbocycles. The van der Waals surface area contributed by atoms with Crippen molar-refractivity contribution in [2.75, 3.05) is 0 Å². The number of ketones is 1. The van der Waals surface area contributed by atoms with Crippen LogP contribution < -0.4 is 0 Å². The Hall–Kier alpha value is -1.34. The molecule has 29 heavy (non-hydrogen) atoms. The zero-order chi connectivity index (χ0) is 21.9. The SMILES string of the molecule is CCCCC(F)(F)C(=O)CC[C@@H]1[C@@H](CC=CCCCCCC(=O)O)[C@@H](O)C[C@H]1O. The highest BCUT2D eigenvalue weighted by molar-refractivity contribution is 5.85. The van der Waals surface area contributed by atoms with Crippen LogP contribution in [0.4, 0.5) is 8.78 Å². The van der Waals surface area contributed by atoms with Crippen LogP contribution in [0, 0.1) is 11.8 Å². The fourth-order valence-corrected chi connectivity index (χ4v) is 4.01. The smallest absolute Gasteiger partial charge is 0.305 e. The predicted molar refractivity (Wildman–Crippen MR) is 107 cm³/mol. The van der Waals surface area contributed by atoms with Crippen LogP contribution in [0.15, 0.2) is 12.2 Å². The summed E-state index contributed by atoms with van der Waals surface area (Å²) in [5.41, 5.74) is 0. The number of Topliss-reactive ketones (excluding diaryl/α,β-unsaturated/α-hetero) is 1. The lowest BCUT2D eigenvalue weighted by atomic mass is 9.85. The third kappa shape index (κ3) is 9.34. The number of hydrogen-bond acceptors (Lipinski definition) is 4. The van der Waals surface area contributed by atoms with E-state index < -0.39 is 36.3 Å². The first kappa shape index (κ1) is 25.7. The van der Waals surface area contributed by atoms with E-state index in [1.165, 1.54) is 0 Å². The number of alkyl halides is 2. The minimum absolute atomic E-state index is 0.159. The fraction of sp³-hybridized carbons (Fsp3) is 0.818. The summed E-state index contributed by atoms with van der Waals surface area (Å²) in [5.74, 6) is -5.78. The van der Waals surface area contributed by atoms with Crippen molar-refractivity contribution in [3.8, 4) is 0 Å². The van der Waals surface area contributed by atoms with Gasteiger partial charge in [-0.15, -0.1) is 0 Å². The molecule has 0 amide bonds. The van der Waals surface area contributed by atoms with Gasteiger partial charge in [0.1, 0.15) is 0 Å². The van der Waals surface area contributed by atoms with Gasteiger partial charge in [-0.25, -0.2) is 0 Å². The van der Waals surface area contributed by atoms with Gasteiger partial charge in [0.15, 0.2) is 0 Å². The van der Waals surface area contributed by atoms with Crippen molar-refractivity contribution >= 4 is 11.8 Å². The zero-order valence-corrected chi connectivity index (χ0v) is 17.4. The summed E-state index contributed by atoms with van der Waals surface area (Å²) in [6, 6.07) is 0. The van der Waals surface area contributed by atoms with Crippen molar-refractivity contribution in [2.45, 2.75) is 102 Å². The number of aliphatic hydroxyl groups excluding tert-OH is 2. The van der Waals surface area contributed by atoms with Gasteiger partial charge in [-0.3, -0.25) is 9.59 Å². The number of carboxylic acid groups (broad SMARTS) is 1. The number of halogens is 2. The maximum Gasteiger partial charge on any atom is 0.305 e. The molecule has 0 spiro atoms. The first-order valence-corrected chi connectivity index (χ1v) is 10.8. The van der Waals surface area contributed by atoms with Crippen molar-refractivity contribution in [1.29, 1.82) is 0 Å². The van der Waals surface area contributed by atoms with Gasteiger partial charge in [-0.2, -0.15) is 8.78 Å². The van der Waals surface area contributed by atoms with Crippen LogP contribution >= 0.6 is 0 Å². The molecule has 1 saturated carbocycles. The van der Waals surface area contributed by atoms with Crippen molar-refractivity contribution in [3.63, 3.8) is 0 Å². The van der Waals surface area contributed by atoms with E-state index in [1.807, 2.05) is 12.2 Å². The van der Waals surface area contributed by atoms with Crippen LogP contribution in [-0.4, -0.2) is 45.2 Å². The maximum absolute atomic E-state index is 13.9. The van der Waals surface area contributed by atoms with Gasteiger partial charge in [0, 0.05) is 19.3 Å². The summed E-state index contributed by atoms with van der Waals surface area (Å²) in [7, 11) is 0. The maximum atomic E-state index is 13.9. The second-order valence-corrected chi connectivity index (χ2v) is 8.17. The molecule has 0 aromatic rings. The lowest BCUT2D eigenvalue weighted by Gasteiger charge is -2.23. The summed E-state index contributed by atoms with van der Waals surface area (Å²) in [4.78, 5) is 22.4. The normalized spacial score (nSPS) is 25.0. The van der Waals surface area contributed by atoms with Crippen LogP contribution in [0.25, 0.3) is 0 Å². The zero-order valence-electron chi connectivity index (χ0n) is 17.4. The molecule has 1 aliphatic carbocycles. The van der Waals surface area contributed by atoms with Gasteiger partial charge >= 0.3 is 11.9 Å². The summed E-state index contributed by atoms with van der Waals surface area (Å²) in [5, 5.41) is 29.0. The lowest BCUT2D eigenvalue weighted by molar-refractivity contribution is -0.144. The minimum atomic E-state index is -3.31. The molecule has 0 unspecified atom stereocenters. The molecular formula is C22H36F2O5. The van der Waals surface area contributed by atoms with Gasteiger partial charge in [-0.1, -0.05) is 31.9 Å². The first-order valence-electron chi connectivity index (χ1n) is 10.8. The highest BCUT2D eigenvalue weighted by Gasteiger charge is 2.43. The molecule has 4 atom stereocenters. The standard InChI is InChI=1S/C22H36F2O5/c1-2-3-14-22(23,24)20(27)13-12-17-16(18(25)15-19(17)26)10-8-6-4-5-7-9-11-21(28)29/h6,8,16-19,25-26H,2-5,7,9-15H2,1H3,(H,28,29)/t16-,17-,18+,19-/m1/s1. The van der Waals surface area contributed by atoms with Crippen LogP contribution in [0.2, 0.25) is 0 Å². The first-order chi connectivity index (χ1) is 13.7. The largest absolute Gasteiger partial charge is 0.481 e. The van der Waals surface area contributed by atoms with E-state index in [4.69, 9.17) is 5.11 Å². The van der Waals surface area contributed by atoms with Gasteiger partial charge in [0.05, 0.1) is 12.2 Å². The Balaban J connectivity index is 2.43. The number of rotatable bonds is 15. The van der Waals surface area contributed by atoms with Crippen LogP contribution in [0.1, 0.15) is 84.0 Å². The molecule has 7 heteroatoms. The summed E-state index contributed by atoms with van der Waals surface area (Å²) in [6.07, 6.45) is 6.83. The Morgan fingerprint density at radius 2 is 1.69 bits per heavy atom. The van der Waals surface area contributed by atoms with E-state index in [0.717, 1.165) is 19.3 Å². The number of allylic oxidation sites excluding steroid dienone is 2. The van der Waals surface area contributed by atoms with Crippen LogP contribution in [0.3, 0.4) is 0 Å². The summed E-state index contributed by atoms with van der Waals surface area (Å²) in [6.45, 7) is 1.80. The number of aliphatic hydroxyl groups is 2. The van der Waals surface area contributed by atoms with E-state index in [-0.39, 0.29) is 37.5 Å². The van der Waals surface area contributed by atoms with Gasteiger partial charge < -0.3 is 15.3 Å². The minimum Gasteiger partial charge on any atom is -0.481 e. The molecule has 1 fully saturated rings. The number of carbonyl (C=O) groups excluding carboxylic acids is 1. The van der Waals surface area contributed by atoms with Crippen LogP contribution in [-0.2, 0) is 9.59 Å². The van der Waals surface area contributed by atoms with Crippen molar-refractivity contribution in [1.82, 2.24) is 0 Å². The monoisotopic (exact) mass is 418 g/mol.